The zero-order valence-corrected chi connectivity index (χ0v) is 9.41. The average molecular weight is 190 g/mol. The van der Waals surface area contributed by atoms with Crippen molar-refractivity contribution in [3.05, 3.63) is 35.3 Å². The van der Waals surface area contributed by atoms with E-state index in [0.29, 0.717) is 6.17 Å². The van der Waals surface area contributed by atoms with Crippen LogP contribution in [0.25, 0.3) is 0 Å². The minimum absolute atomic E-state index is 0.422. The van der Waals surface area contributed by atoms with Gasteiger partial charge in [-0.2, -0.15) is 0 Å². The third kappa shape index (κ3) is 1.26. The Morgan fingerprint density at radius 1 is 1.29 bits per heavy atom. The zero-order chi connectivity index (χ0) is 10.3. The highest BCUT2D eigenvalue weighted by atomic mass is 15.4. The molecule has 0 aromatic carbocycles. The molecule has 1 atom stereocenters. The summed E-state index contributed by atoms with van der Waals surface area (Å²) < 4.78 is 0. The van der Waals surface area contributed by atoms with Crippen molar-refractivity contribution in [2.24, 2.45) is 0 Å². The summed E-state index contributed by atoms with van der Waals surface area (Å²) in [6.45, 7) is 6.58. The van der Waals surface area contributed by atoms with Crippen LogP contribution in [-0.2, 0) is 0 Å². The molecule has 0 amide bonds. The van der Waals surface area contributed by atoms with Crippen LogP contribution < -0.4 is 0 Å². The SMILES string of the molecule is CCC1=CN2C(C)=CN(C)C2C(C)=C1. The Bertz CT molecular complexity index is 336. The Hall–Kier alpha value is -1.18. The van der Waals surface area contributed by atoms with Crippen molar-refractivity contribution in [2.45, 2.75) is 33.4 Å². The third-order valence-electron chi connectivity index (χ3n) is 2.98. The fourth-order valence-corrected chi connectivity index (χ4v) is 2.31. The first-order chi connectivity index (χ1) is 6.63. The van der Waals surface area contributed by atoms with Gasteiger partial charge in [-0.15, -0.1) is 0 Å². The van der Waals surface area contributed by atoms with Crippen LogP contribution >= 0.6 is 0 Å². The summed E-state index contributed by atoms with van der Waals surface area (Å²) in [6, 6.07) is 0. The lowest BCUT2D eigenvalue weighted by atomic mass is 10.0. The Labute approximate surface area is 86.2 Å². The van der Waals surface area contributed by atoms with Crippen molar-refractivity contribution in [2.75, 3.05) is 7.05 Å². The van der Waals surface area contributed by atoms with E-state index in [1.165, 1.54) is 16.8 Å². The molecule has 2 nitrogen and oxygen atoms in total. The van der Waals surface area contributed by atoms with Gasteiger partial charge in [0.1, 0.15) is 6.17 Å². The molecule has 0 aromatic rings. The fraction of sp³-hybridized carbons (Fsp3) is 0.500. The number of allylic oxidation sites excluding steroid dienone is 3. The number of rotatable bonds is 1. The molecule has 2 aliphatic heterocycles. The maximum absolute atomic E-state index is 2.36. The first-order valence-corrected chi connectivity index (χ1v) is 5.21. The molecule has 14 heavy (non-hydrogen) atoms. The molecule has 0 fully saturated rings. The molecule has 76 valence electrons. The Balaban J connectivity index is 2.35. The van der Waals surface area contributed by atoms with Crippen LogP contribution in [-0.4, -0.2) is 23.0 Å². The average Bonchev–Trinajstić information content (AvgIpc) is 2.42. The van der Waals surface area contributed by atoms with Crippen molar-refractivity contribution >= 4 is 0 Å². The lowest BCUT2D eigenvalue weighted by Gasteiger charge is -2.33. The minimum Gasteiger partial charge on any atom is -0.355 e. The monoisotopic (exact) mass is 190 g/mol. The lowest BCUT2D eigenvalue weighted by Crippen LogP contribution is -2.37. The van der Waals surface area contributed by atoms with E-state index in [2.05, 4.69) is 56.1 Å². The van der Waals surface area contributed by atoms with Gasteiger partial charge in [0.05, 0.1) is 0 Å². The molecular formula is C12H18N2. The number of hydrogen-bond donors (Lipinski definition) is 0. The van der Waals surface area contributed by atoms with Gasteiger partial charge in [-0.1, -0.05) is 13.0 Å². The molecule has 0 spiro atoms. The Morgan fingerprint density at radius 2 is 2.00 bits per heavy atom. The van der Waals surface area contributed by atoms with Crippen molar-refractivity contribution in [1.29, 1.82) is 0 Å². The lowest BCUT2D eigenvalue weighted by molar-refractivity contribution is 0.250. The van der Waals surface area contributed by atoms with E-state index in [4.69, 9.17) is 0 Å². The summed E-state index contributed by atoms with van der Waals surface area (Å²) >= 11 is 0. The summed E-state index contributed by atoms with van der Waals surface area (Å²) in [5, 5.41) is 0. The maximum Gasteiger partial charge on any atom is 0.127 e. The third-order valence-corrected chi connectivity index (χ3v) is 2.98. The van der Waals surface area contributed by atoms with Crippen LogP contribution in [0.2, 0.25) is 0 Å². The molecule has 2 aliphatic rings. The smallest absolute Gasteiger partial charge is 0.127 e. The fourth-order valence-electron chi connectivity index (χ4n) is 2.31. The topological polar surface area (TPSA) is 6.48 Å². The second-order valence-corrected chi connectivity index (χ2v) is 4.16. The summed E-state index contributed by atoms with van der Waals surface area (Å²) in [6.07, 6.45) is 8.32. The van der Waals surface area contributed by atoms with Crippen molar-refractivity contribution in [3.63, 3.8) is 0 Å². The second-order valence-electron chi connectivity index (χ2n) is 4.16. The van der Waals surface area contributed by atoms with E-state index >= 15 is 0 Å². The number of fused-ring (bicyclic) bond motifs is 1. The van der Waals surface area contributed by atoms with Gasteiger partial charge < -0.3 is 9.80 Å². The van der Waals surface area contributed by atoms with E-state index in [9.17, 15) is 0 Å². The zero-order valence-electron chi connectivity index (χ0n) is 9.41. The van der Waals surface area contributed by atoms with Gasteiger partial charge in [0.2, 0.25) is 0 Å². The highest BCUT2D eigenvalue weighted by molar-refractivity contribution is 5.34. The number of nitrogens with zero attached hydrogens (tertiary/aromatic N) is 2. The molecule has 0 aliphatic carbocycles. The largest absolute Gasteiger partial charge is 0.355 e. The van der Waals surface area contributed by atoms with E-state index in [1.807, 2.05) is 0 Å². The first kappa shape index (κ1) is 9.38. The van der Waals surface area contributed by atoms with Gasteiger partial charge in [0.25, 0.3) is 0 Å². The molecule has 1 unspecified atom stereocenters. The molecule has 2 rings (SSSR count). The molecule has 0 saturated carbocycles. The van der Waals surface area contributed by atoms with Crippen molar-refractivity contribution in [1.82, 2.24) is 9.80 Å². The molecule has 2 heterocycles. The quantitative estimate of drug-likeness (QED) is 0.627. The number of hydrogen-bond acceptors (Lipinski definition) is 2. The predicted molar refractivity (Wildman–Crippen MR) is 59.3 cm³/mol. The van der Waals surface area contributed by atoms with Gasteiger partial charge in [0, 0.05) is 25.1 Å². The number of likely N-dealkylation sites (N-methyl/N-ethyl adjacent to an activating group) is 1. The van der Waals surface area contributed by atoms with E-state index in [1.54, 1.807) is 0 Å². The van der Waals surface area contributed by atoms with E-state index in [-0.39, 0.29) is 0 Å². The molecule has 0 saturated heterocycles. The second kappa shape index (κ2) is 3.19. The van der Waals surface area contributed by atoms with Crippen molar-refractivity contribution < 1.29 is 0 Å². The van der Waals surface area contributed by atoms with Gasteiger partial charge in [-0.3, -0.25) is 0 Å². The van der Waals surface area contributed by atoms with Gasteiger partial charge >= 0.3 is 0 Å². The highest BCUT2D eigenvalue weighted by Crippen LogP contribution is 2.31. The molecular weight excluding hydrogens is 172 g/mol. The first-order valence-electron chi connectivity index (χ1n) is 5.21. The normalized spacial score (nSPS) is 25.7. The Kier molecular flexibility index (Phi) is 2.14. The summed E-state index contributed by atoms with van der Waals surface area (Å²) in [4.78, 5) is 4.62. The van der Waals surface area contributed by atoms with Crippen LogP contribution in [0.4, 0.5) is 0 Å². The molecule has 0 radical (unpaired) electrons. The highest BCUT2D eigenvalue weighted by Gasteiger charge is 2.29. The predicted octanol–water partition coefficient (Wildman–Crippen LogP) is 2.68. The van der Waals surface area contributed by atoms with Crippen LogP contribution in [0.3, 0.4) is 0 Å². The molecule has 0 bridgehead atoms. The summed E-state index contributed by atoms with van der Waals surface area (Å²) in [5.74, 6) is 0. The van der Waals surface area contributed by atoms with E-state index in [0.717, 1.165) is 6.42 Å². The van der Waals surface area contributed by atoms with Crippen molar-refractivity contribution in [3.8, 4) is 0 Å². The molecule has 0 aromatic heterocycles. The van der Waals surface area contributed by atoms with Crippen LogP contribution in [0.1, 0.15) is 27.2 Å². The van der Waals surface area contributed by atoms with Gasteiger partial charge in [-0.05, 0) is 31.4 Å². The van der Waals surface area contributed by atoms with Crippen LogP contribution in [0.15, 0.2) is 35.3 Å². The van der Waals surface area contributed by atoms with Gasteiger partial charge in [-0.25, -0.2) is 0 Å². The summed E-state index contributed by atoms with van der Waals surface area (Å²) in [5.41, 5.74) is 4.18. The van der Waals surface area contributed by atoms with Crippen LogP contribution in [0.5, 0.6) is 0 Å². The van der Waals surface area contributed by atoms with Gasteiger partial charge in [0.15, 0.2) is 0 Å². The minimum atomic E-state index is 0.422. The standard InChI is InChI=1S/C12H18N2/c1-5-11-6-9(2)12-13(4)7-10(3)14(12)8-11/h6-8,12H,5H2,1-4H3. The maximum atomic E-state index is 2.36. The summed E-state index contributed by atoms with van der Waals surface area (Å²) in [7, 11) is 2.14. The van der Waals surface area contributed by atoms with E-state index < -0.39 is 0 Å². The molecule has 0 N–H and O–H groups in total. The Morgan fingerprint density at radius 3 is 2.64 bits per heavy atom. The van der Waals surface area contributed by atoms with Crippen LogP contribution in [0, 0.1) is 0 Å². The molecule has 2 heteroatoms.